The molecule has 0 radical (unpaired) electrons. The van der Waals surface area contributed by atoms with Crippen LogP contribution in [-0.4, -0.2) is 34.8 Å². The fraction of sp³-hybridized carbons (Fsp3) is 1.00. The van der Waals surface area contributed by atoms with Gasteiger partial charge in [-0.05, 0) is 6.92 Å². The third-order valence-corrected chi connectivity index (χ3v) is 1.07. The van der Waals surface area contributed by atoms with Gasteiger partial charge in [0.1, 0.15) is 0 Å². The molecule has 0 aliphatic rings. The van der Waals surface area contributed by atoms with Crippen molar-refractivity contribution in [3.05, 3.63) is 0 Å². The Bertz CT molecular complexity index is 66.0. The Morgan fingerprint density at radius 2 is 1.89 bits per heavy atom. The van der Waals surface area contributed by atoms with E-state index in [-0.39, 0.29) is 24.6 Å². The molecule has 0 aromatic rings. The summed E-state index contributed by atoms with van der Waals surface area (Å²) >= 11 is 4.01. The molecule has 3 nitrogen and oxygen atoms in total. The van der Waals surface area contributed by atoms with Gasteiger partial charge in [-0.1, -0.05) is 0 Å². The molecule has 0 fully saturated rings. The number of thiol groups is 1. The molecular formula is C5H13NO2S. The SMILES string of the molecule is CC(S)NC(CO)CO. The van der Waals surface area contributed by atoms with E-state index in [1.165, 1.54) is 0 Å². The fourth-order valence-electron chi connectivity index (χ4n) is 0.504. The summed E-state index contributed by atoms with van der Waals surface area (Å²) in [6.07, 6.45) is 0. The minimum Gasteiger partial charge on any atom is -0.395 e. The van der Waals surface area contributed by atoms with Gasteiger partial charge in [0, 0.05) is 5.37 Å². The lowest BCUT2D eigenvalue weighted by Crippen LogP contribution is -2.39. The molecule has 0 aromatic carbocycles. The molecule has 0 aromatic heterocycles. The van der Waals surface area contributed by atoms with Crippen molar-refractivity contribution in [3.63, 3.8) is 0 Å². The van der Waals surface area contributed by atoms with E-state index in [0.29, 0.717) is 0 Å². The van der Waals surface area contributed by atoms with Gasteiger partial charge in [-0.2, -0.15) is 12.6 Å². The van der Waals surface area contributed by atoms with Gasteiger partial charge in [0.2, 0.25) is 0 Å². The molecule has 9 heavy (non-hydrogen) atoms. The molecule has 0 saturated carbocycles. The van der Waals surface area contributed by atoms with Gasteiger partial charge in [0.15, 0.2) is 0 Å². The molecule has 3 N–H and O–H groups in total. The van der Waals surface area contributed by atoms with Crippen LogP contribution in [0, 0.1) is 0 Å². The van der Waals surface area contributed by atoms with Gasteiger partial charge in [0.25, 0.3) is 0 Å². The van der Waals surface area contributed by atoms with Crippen LogP contribution in [0.15, 0.2) is 0 Å². The predicted octanol–water partition coefficient (Wildman–Crippen LogP) is -0.795. The van der Waals surface area contributed by atoms with Crippen molar-refractivity contribution in [1.82, 2.24) is 5.32 Å². The predicted molar refractivity (Wildman–Crippen MR) is 39.5 cm³/mol. The van der Waals surface area contributed by atoms with Gasteiger partial charge >= 0.3 is 0 Å². The Kier molecular flexibility index (Phi) is 5.18. The number of nitrogens with one attached hydrogen (secondary N) is 1. The van der Waals surface area contributed by atoms with Crippen molar-refractivity contribution in [2.45, 2.75) is 18.3 Å². The minimum absolute atomic E-state index is 0.00861. The second-order valence-electron chi connectivity index (χ2n) is 1.90. The largest absolute Gasteiger partial charge is 0.395 e. The van der Waals surface area contributed by atoms with E-state index in [1.54, 1.807) is 0 Å². The van der Waals surface area contributed by atoms with Crippen molar-refractivity contribution in [2.75, 3.05) is 13.2 Å². The van der Waals surface area contributed by atoms with E-state index in [4.69, 9.17) is 10.2 Å². The number of rotatable bonds is 4. The van der Waals surface area contributed by atoms with Gasteiger partial charge in [-0.25, -0.2) is 0 Å². The van der Waals surface area contributed by atoms with Gasteiger partial charge in [-0.3, -0.25) is 5.32 Å². The molecule has 0 rings (SSSR count). The lowest BCUT2D eigenvalue weighted by atomic mass is 10.3. The maximum Gasteiger partial charge on any atom is 0.0607 e. The monoisotopic (exact) mass is 151 g/mol. The van der Waals surface area contributed by atoms with E-state index >= 15 is 0 Å². The highest BCUT2D eigenvalue weighted by Gasteiger charge is 2.05. The molecule has 56 valence electrons. The Labute approximate surface area is 60.5 Å². The van der Waals surface area contributed by atoms with Crippen LogP contribution in [0.4, 0.5) is 0 Å². The van der Waals surface area contributed by atoms with Gasteiger partial charge < -0.3 is 10.2 Å². The third-order valence-electron chi connectivity index (χ3n) is 0.918. The molecule has 4 heteroatoms. The maximum absolute atomic E-state index is 8.52. The Balaban J connectivity index is 3.31. The maximum atomic E-state index is 8.52. The smallest absolute Gasteiger partial charge is 0.0607 e. The molecule has 0 bridgehead atoms. The lowest BCUT2D eigenvalue weighted by Gasteiger charge is -2.14. The summed E-state index contributed by atoms with van der Waals surface area (Å²) in [5.74, 6) is 0. The number of aliphatic hydroxyl groups excluding tert-OH is 2. The Hall–Kier alpha value is 0.230. The first-order chi connectivity index (χ1) is 4.20. The molecule has 0 spiro atoms. The van der Waals surface area contributed by atoms with Crippen molar-refractivity contribution in [2.24, 2.45) is 0 Å². The van der Waals surface area contributed by atoms with Crippen LogP contribution < -0.4 is 5.32 Å². The van der Waals surface area contributed by atoms with Crippen molar-refractivity contribution in [1.29, 1.82) is 0 Å². The normalized spacial score (nSPS) is 14.3. The van der Waals surface area contributed by atoms with Crippen molar-refractivity contribution in [3.8, 4) is 0 Å². The van der Waals surface area contributed by atoms with Crippen LogP contribution >= 0.6 is 12.6 Å². The average molecular weight is 151 g/mol. The molecule has 0 saturated heterocycles. The molecule has 1 atom stereocenters. The van der Waals surface area contributed by atoms with E-state index in [2.05, 4.69) is 17.9 Å². The first-order valence-electron chi connectivity index (χ1n) is 2.86. The first kappa shape index (κ1) is 9.23. The van der Waals surface area contributed by atoms with E-state index < -0.39 is 0 Å². The van der Waals surface area contributed by atoms with Crippen molar-refractivity contribution >= 4 is 12.6 Å². The zero-order valence-electron chi connectivity index (χ0n) is 5.41. The van der Waals surface area contributed by atoms with Crippen LogP contribution in [0.1, 0.15) is 6.92 Å². The molecule has 0 aliphatic carbocycles. The summed E-state index contributed by atoms with van der Waals surface area (Å²) < 4.78 is 0. The number of hydrogen-bond donors (Lipinski definition) is 4. The highest BCUT2D eigenvalue weighted by Crippen LogP contribution is 1.89. The lowest BCUT2D eigenvalue weighted by molar-refractivity contribution is 0.170. The van der Waals surface area contributed by atoms with Gasteiger partial charge in [-0.15, -0.1) is 0 Å². The standard InChI is InChI=1S/C5H13NO2S/c1-4(9)6-5(2-7)3-8/h4-9H,2-3H2,1H3. The summed E-state index contributed by atoms with van der Waals surface area (Å²) in [4.78, 5) is 0. The van der Waals surface area contributed by atoms with E-state index in [0.717, 1.165) is 0 Å². The van der Waals surface area contributed by atoms with Crippen molar-refractivity contribution < 1.29 is 10.2 Å². The van der Waals surface area contributed by atoms with E-state index in [1.807, 2.05) is 6.92 Å². The van der Waals surface area contributed by atoms with Gasteiger partial charge in [0.05, 0.1) is 19.3 Å². The van der Waals surface area contributed by atoms with Crippen LogP contribution in [0.3, 0.4) is 0 Å². The second-order valence-corrected chi connectivity index (χ2v) is 2.68. The van der Waals surface area contributed by atoms with E-state index in [9.17, 15) is 0 Å². The zero-order chi connectivity index (χ0) is 7.28. The third kappa shape index (κ3) is 4.72. The summed E-state index contributed by atoms with van der Waals surface area (Å²) in [6.45, 7) is 1.73. The topological polar surface area (TPSA) is 52.5 Å². The molecular weight excluding hydrogens is 138 g/mol. The number of aliphatic hydroxyl groups is 2. The molecule has 1 unspecified atom stereocenters. The molecule has 0 heterocycles. The fourth-order valence-corrected chi connectivity index (χ4v) is 0.715. The second kappa shape index (κ2) is 5.05. The van der Waals surface area contributed by atoms with Crippen LogP contribution in [0.25, 0.3) is 0 Å². The van der Waals surface area contributed by atoms with Crippen LogP contribution in [0.2, 0.25) is 0 Å². The number of hydrogen-bond acceptors (Lipinski definition) is 4. The first-order valence-corrected chi connectivity index (χ1v) is 3.38. The summed E-state index contributed by atoms with van der Waals surface area (Å²) in [6, 6.07) is -0.238. The molecule has 0 aliphatic heterocycles. The Morgan fingerprint density at radius 1 is 1.44 bits per heavy atom. The quantitative estimate of drug-likeness (QED) is 0.314. The summed E-state index contributed by atoms with van der Waals surface area (Å²) in [5.41, 5.74) is 0. The summed E-state index contributed by atoms with van der Waals surface area (Å²) in [7, 11) is 0. The van der Waals surface area contributed by atoms with Crippen LogP contribution in [0.5, 0.6) is 0 Å². The minimum atomic E-state index is -0.238. The Morgan fingerprint density at radius 3 is 2.00 bits per heavy atom. The average Bonchev–Trinajstić information content (AvgIpc) is 1.82. The zero-order valence-corrected chi connectivity index (χ0v) is 6.30. The van der Waals surface area contributed by atoms with Crippen LogP contribution in [-0.2, 0) is 0 Å². The highest BCUT2D eigenvalue weighted by molar-refractivity contribution is 7.80. The molecule has 0 amide bonds. The highest BCUT2D eigenvalue weighted by atomic mass is 32.1. The summed E-state index contributed by atoms with van der Waals surface area (Å²) in [5, 5.41) is 19.9.